The molecule has 1 aromatic carbocycles. The number of carboxylic acids is 1. The highest BCUT2D eigenvalue weighted by atomic mass is 19.4. The molecule has 0 aromatic heterocycles. The zero-order chi connectivity index (χ0) is 18.4. The topological polar surface area (TPSA) is 58.6 Å². The lowest BCUT2D eigenvalue weighted by Crippen LogP contribution is -2.56. The van der Waals surface area contributed by atoms with Gasteiger partial charge < -0.3 is 9.84 Å². The summed E-state index contributed by atoms with van der Waals surface area (Å²) in [6.07, 6.45) is -4.74. The summed E-state index contributed by atoms with van der Waals surface area (Å²) in [5.74, 6) is -7.25. The van der Waals surface area contributed by atoms with Gasteiger partial charge in [0.25, 0.3) is 0 Å². The van der Waals surface area contributed by atoms with Crippen LogP contribution in [0.25, 0.3) is 0 Å². The first-order valence-corrected chi connectivity index (χ1v) is 7.04. The molecule has 4 atom stereocenters. The molecule has 2 rings (SSSR count). The summed E-state index contributed by atoms with van der Waals surface area (Å²) in [6, 6.07) is 0.158. The van der Waals surface area contributed by atoms with Crippen LogP contribution in [0.2, 0.25) is 0 Å². The molecule has 0 spiro atoms. The van der Waals surface area contributed by atoms with Crippen molar-refractivity contribution in [2.75, 3.05) is 7.11 Å². The summed E-state index contributed by atoms with van der Waals surface area (Å²) in [5, 5.41) is 11.4. The highest BCUT2D eigenvalue weighted by Crippen LogP contribution is 2.51. The Kier molecular flexibility index (Phi) is 4.51. The summed E-state index contributed by atoms with van der Waals surface area (Å²) in [6.45, 7) is 2.06. The normalized spacial score (nSPS) is 30.4. The summed E-state index contributed by atoms with van der Waals surface area (Å²) < 4.78 is 72.3. The Hall–Kier alpha value is -1.90. The Balaban J connectivity index is 2.64. The van der Waals surface area contributed by atoms with Crippen molar-refractivity contribution in [3.8, 4) is 5.75 Å². The minimum atomic E-state index is -4.74. The van der Waals surface area contributed by atoms with E-state index in [0.29, 0.717) is 0 Å². The Bertz CT molecular complexity index is 663. The number of methoxy groups -OCH3 is 1. The van der Waals surface area contributed by atoms with Gasteiger partial charge in [-0.05, 0) is 18.9 Å². The third-order valence-electron chi connectivity index (χ3n) is 4.76. The van der Waals surface area contributed by atoms with E-state index in [4.69, 9.17) is 4.74 Å². The predicted octanol–water partition coefficient (Wildman–Crippen LogP) is 3.07. The number of carboxylic acid groups (broad SMARTS) is 1. The van der Waals surface area contributed by atoms with Crippen molar-refractivity contribution in [3.63, 3.8) is 0 Å². The van der Waals surface area contributed by atoms with Crippen LogP contribution in [-0.4, -0.2) is 35.9 Å². The molecule has 0 radical (unpaired) electrons. The Morgan fingerprint density at radius 2 is 1.92 bits per heavy atom. The fourth-order valence-electron chi connectivity index (χ4n) is 3.21. The third-order valence-corrected chi connectivity index (χ3v) is 4.76. The molecule has 0 saturated carbocycles. The molecule has 1 aromatic rings. The van der Waals surface area contributed by atoms with Gasteiger partial charge >= 0.3 is 12.1 Å². The second-order valence-electron chi connectivity index (χ2n) is 5.96. The van der Waals surface area contributed by atoms with Gasteiger partial charge in [-0.15, -0.1) is 0 Å². The van der Waals surface area contributed by atoms with Crippen LogP contribution in [-0.2, 0) is 4.79 Å². The van der Waals surface area contributed by atoms with Crippen LogP contribution in [0, 0.1) is 17.6 Å². The number of nitrogens with one attached hydrogen (secondary N) is 1. The van der Waals surface area contributed by atoms with E-state index >= 15 is 0 Å². The van der Waals surface area contributed by atoms with Gasteiger partial charge in [-0.25, -0.2) is 4.39 Å². The first kappa shape index (κ1) is 18.4. The van der Waals surface area contributed by atoms with Crippen molar-refractivity contribution in [2.24, 2.45) is 5.92 Å². The minimum absolute atomic E-state index is 0.128. The largest absolute Gasteiger partial charge is 0.493 e. The molecular weight excluding hydrogens is 337 g/mol. The summed E-state index contributed by atoms with van der Waals surface area (Å²) in [5.41, 5.74) is -2.63. The maximum Gasteiger partial charge on any atom is 0.406 e. The number of carbonyl (C=O) groups is 1. The highest BCUT2D eigenvalue weighted by Gasteiger charge is 2.64. The molecule has 0 bridgehead atoms. The molecule has 4 nitrogen and oxygen atoms in total. The van der Waals surface area contributed by atoms with Crippen LogP contribution < -0.4 is 10.1 Å². The summed E-state index contributed by atoms with van der Waals surface area (Å²) in [7, 11) is 1.03. The van der Waals surface area contributed by atoms with E-state index < -0.39 is 52.9 Å². The minimum Gasteiger partial charge on any atom is -0.493 e. The van der Waals surface area contributed by atoms with Gasteiger partial charge in [-0.2, -0.15) is 17.6 Å². The SMILES string of the molecule is COc1c([C@H]2[C@H](C(=O)O)N[C@@](C)(C(F)(F)F)[C@H]2C)ccc(F)c1F. The van der Waals surface area contributed by atoms with Gasteiger partial charge in [0.1, 0.15) is 11.6 Å². The lowest BCUT2D eigenvalue weighted by Gasteiger charge is -2.33. The Morgan fingerprint density at radius 1 is 1.33 bits per heavy atom. The van der Waals surface area contributed by atoms with E-state index in [1.54, 1.807) is 0 Å². The molecule has 24 heavy (non-hydrogen) atoms. The Morgan fingerprint density at radius 3 is 2.38 bits per heavy atom. The second-order valence-corrected chi connectivity index (χ2v) is 5.96. The van der Waals surface area contributed by atoms with Crippen LogP contribution in [0.1, 0.15) is 25.3 Å². The monoisotopic (exact) mass is 353 g/mol. The first-order valence-electron chi connectivity index (χ1n) is 7.04. The number of benzene rings is 1. The molecular formula is C15H16F5NO3. The number of rotatable bonds is 3. The van der Waals surface area contributed by atoms with Gasteiger partial charge in [0.15, 0.2) is 11.6 Å². The fraction of sp³-hybridized carbons (Fsp3) is 0.533. The van der Waals surface area contributed by atoms with E-state index in [2.05, 4.69) is 5.32 Å². The van der Waals surface area contributed by atoms with Crippen molar-refractivity contribution in [1.82, 2.24) is 5.32 Å². The van der Waals surface area contributed by atoms with Crippen LogP contribution in [0.4, 0.5) is 22.0 Å². The van der Waals surface area contributed by atoms with Gasteiger partial charge in [0.05, 0.1) is 7.11 Å². The molecule has 1 aliphatic rings. The van der Waals surface area contributed by atoms with Crippen molar-refractivity contribution in [3.05, 3.63) is 29.3 Å². The van der Waals surface area contributed by atoms with Gasteiger partial charge in [0.2, 0.25) is 5.82 Å². The van der Waals surface area contributed by atoms with Gasteiger partial charge in [0, 0.05) is 11.5 Å². The van der Waals surface area contributed by atoms with Crippen molar-refractivity contribution in [1.29, 1.82) is 0 Å². The molecule has 1 heterocycles. The number of halogens is 5. The van der Waals surface area contributed by atoms with Crippen molar-refractivity contribution in [2.45, 2.75) is 37.5 Å². The molecule has 1 fully saturated rings. The van der Waals surface area contributed by atoms with Gasteiger partial charge in [-0.3, -0.25) is 10.1 Å². The number of alkyl halides is 3. The standard InChI is InChI=1S/C15H16F5NO3/c1-6-9(7-4-5-8(16)10(17)12(7)24-3)11(13(22)23)21-14(6,2)15(18,19)20/h4-6,9,11,21H,1-3H3,(H,22,23)/t6-,9-,11+,14+/m0/s1. The zero-order valence-electron chi connectivity index (χ0n) is 13.0. The maximum absolute atomic E-state index is 13.9. The van der Waals surface area contributed by atoms with E-state index in [1.807, 2.05) is 0 Å². The van der Waals surface area contributed by atoms with E-state index in [9.17, 15) is 31.9 Å². The zero-order valence-corrected chi connectivity index (χ0v) is 13.0. The van der Waals surface area contributed by atoms with Crippen LogP contribution in [0.5, 0.6) is 5.75 Å². The van der Waals surface area contributed by atoms with Crippen LogP contribution >= 0.6 is 0 Å². The molecule has 1 aliphatic heterocycles. The lowest BCUT2D eigenvalue weighted by atomic mass is 9.77. The second kappa shape index (κ2) is 5.87. The van der Waals surface area contributed by atoms with Crippen LogP contribution in [0.3, 0.4) is 0 Å². The van der Waals surface area contributed by atoms with Crippen molar-refractivity contribution < 1.29 is 36.6 Å². The van der Waals surface area contributed by atoms with E-state index in [1.165, 1.54) is 6.92 Å². The lowest BCUT2D eigenvalue weighted by molar-refractivity contribution is -0.198. The smallest absolute Gasteiger partial charge is 0.406 e. The number of aliphatic carboxylic acids is 1. The maximum atomic E-state index is 13.9. The first-order chi connectivity index (χ1) is 11.0. The summed E-state index contributed by atoms with van der Waals surface area (Å²) >= 11 is 0. The summed E-state index contributed by atoms with van der Waals surface area (Å²) in [4.78, 5) is 11.5. The highest BCUT2D eigenvalue weighted by molar-refractivity contribution is 5.76. The average Bonchev–Trinajstić information content (AvgIpc) is 2.75. The number of hydrogen-bond acceptors (Lipinski definition) is 3. The van der Waals surface area contributed by atoms with E-state index in [0.717, 1.165) is 26.2 Å². The molecule has 0 aliphatic carbocycles. The Labute approximate surface area is 134 Å². The average molecular weight is 353 g/mol. The van der Waals surface area contributed by atoms with Crippen LogP contribution in [0.15, 0.2) is 12.1 Å². The molecule has 2 N–H and O–H groups in total. The molecule has 9 heteroatoms. The fourth-order valence-corrected chi connectivity index (χ4v) is 3.21. The van der Waals surface area contributed by atoms with Gasteiger partial charge in [-0.1, -0.05) is 13.0 Å². The number of ether oxygens (including phenoxy) is 1. The third kappa shape index (κ3) is 2.60. The molecule has 0 unspecified atom stereocenters. The molecule has 0 amide bonds. The molecule has 134 valence electrons. The van der Waals surface area contributed by atoms with Crippen molar-refractivity contribution >= 4 is 5.97 Å². The quantitative estimate of drug-likeness (QED) is 0.820. The predicted molar refractivity (Wildman–Crippen MR) is 73.8 cm³/mol. The number of hydrogen-bond donors (Lipinski definition) is 2. The molecule has 1 saturated heterocycles. The van der Waals surface area contributed by atoms with E-state index in [-0.39, 0.29) is 5.56 Å².